The molecule has 0 unspecified atom stereocenters. The van der Waals surface area contributed by atoms with Crippen LogP contribution in [0, 0.1) is 11.8 Å². The fraction of sp³-hybridized carbons (Fsp3) is 0.500. The van der Waals surface area contributed by atoms with Gasteiger partial charge in [0, 0.05) is 5.92 Å². The second-order valence-electron chi connectivity index (χ2n) is 2.31. The first kappa shape index (κ1) is 10.8. The van der Waals surface area contributed by atoms with Gasteiger partial charge in [-0.3, -0.25) is 0 Å². The summed E-state index contributed by atoms with van der Waals surface area (Å²) < 4.78 is 4.33. The Bertz CT molecular complexity index is 206. The Labute approximate surface area is 73.6 Å². The van der Waals surface area contributed by atoms with E-state index in [9.17, 15) is 4.79 Å². The highest BCUT2D eigenvalue weighted by molar-refractivity contribution is 5.88. The second kappa shape index (κ2) is 7.87. The lowest BCUT2D eigenvalue weighted by Crippen LogP contribution is -1.93. The fourth-order valence-corrected chi connectivity index (χ4v) is 0.616. The molecule has 0 aliphatic heterocycles. The zero-order valence-electron chi connectivity index (χ0n) is 7.59. The molecule has 66 valence electrons. The van der Waals surface area contributed by atoms with Crippen molar-refractivity contribution < 1.29 is 9.53 Å². The van der Waals surface area contributed by atoms with Crippen LogP contribution in [-0.2, 0) is 9.53 Å². The summed E-state index contributed by atoms with van der Waals surface area (Å²) in [6.07, 6.45) is 7.00. The highest BCUT2D eigenvalue weighted by atomic mass is 16.5. The number of hydrogen-bond acceptors (Lipinski definition) is 2. The lowest BCUT2D eigenvalue weighted by atomic mass is 10.2. The van der Waals surface area contributed by atoms with Crippen molar-refractivity contribution in [2.45, 2.75) is 26.2 Å². The average Bonchev–Trinajstić information content (AvgIpc) is 2.10. The largest absolute Gasteiger partial charge is 0.459 e. The molecule has 0 saturated carbocycles. The molecule has 0 fully saturated rings. The van der Waals surface area contributed by atoms with E-state index in [2.05, 4.69) is 23.5 Å². The molecule has 0 rings (SSSR count). The molecule has 0 bridgehead atoms. The number of methoxy groups -OCH3 is 1. The molecule has 0 spiro atoms. The van der Waals surface area contributed by atoms with Gasteiger partial charge in [-0.1, -0.05) is 31.8 Å². The predicted molar refractivity (Wildman–Crippen MR) is 48.5 cm³/mol. The smallest absolute Gasteiger partial charge is 0.384 e. The van der Waals surface area contributed by atoms with Crippen LogP contribution >= 0.6 is 0 Å². The third-order valence-electron chi connectivity index (χ3n) is 1.29. The van der Waals surface area contributed by atoms with Gasteiger partial charge in [0.2, 0.25) is 0 Å². The van der Waals surface area contributed by atoms with Crippen LogP contribution < -0.4 is 0 Å². The first-order valence-corrected chi connectivity index (χ1v) is 4.05. The Kier molecular flexibility index (Phi) is 7.07. The standard InChI is InChI=1S/C10H14O2/c1-3-4-5-6-7-8-9-10(11)12-2/h6-7H,3-5H2,1-2H3. The van der Waals surface area contributed by atoms with Crippen molar-refractivity contribution >= 4 is 5.97 Å². The first-order valence-electron chi connectivity index (χ1n) is 4.05. The molecule has 12 heavy (non-hydrogen) atoms. The highest BCUT2D eigenvalue weighted by Crippen LogP contribution is 1.93. The van der Waals surface area contributed by atoms with Gasteiger partial charge in [0.1, 0.15) is 0 Å². The summed E-state index contributed by atoms with van der Waals surface area (Å²) in [5.41, 5.74) is 0. The molecular weight excluding hydrogens is 152 g/mol. The number of carbonyl (C=O) groups is 1. The molecular formula is C10H14O2. The summed E-state index contributed by atoms with van der Waals surface area (Å²) in [5, 5.41) is 0. The maximum absolute atomic E-state index is 10.5. The Balaban J connectivity index is 3.55. The molecule has 0 amide bonds. The molecule has 0 radical (unpaired) electrons. The van der Waals surface area contributed by atoms with Gasteiger partial charge in [0.15, 0.2) is 0 Å². The number of rotatable bonds is 3. The van der Waals surface area contributed by atoms with E-state index >= 15 is 0 Å². The van der Waals surface area contributed by atoms with Gasteiger partial charge in [-0.05, 0) is 12.5 Å². The normalized spacial score (nSPS) is 9.17. The van der Waals surface area contributed by atoms with Crippen molar-refractivity contribution in [3.05, 3.63) is 12.2 Å². The van der Waals surface area contributed by atoms with Crippen molar-refractivity contribution in [3.8, 4) is 11.8 Å². The van der Waals surface area contributed by atoms with Crippen molar-refractivity contribution in [3.63, 3.8) is 0 Å². The second-order valence-corrected chi connectivity index (χ2v) is 2.31. The van der Waals surface area contributed by atoms with Crippen molar-refractivity contribution in [1.82, 2.24) is 0 Å². The summed E-state index contributed by atoms with van der Waals surface area (Å²) in [5.74, 6) is 4.41. The van der Waals surface area contributed by atoms with Crippen LogP contribution in [0.5, 0.6) is 0 Å². The minimum absolute atomic E-state index is 0.491. The molecule has 0 atom stereocenters. The molecule has 0 N–H and O–H groups in total. The molecule has 0 aliphatic carbocycles. The monoisotopic (exact) mass is 166 g/mol. The van der Waals surface area contributed by atoms with Crippen molar-refractivity contribution in [2.75, 3.05) is 7.11 Å². The Morgan fingerprint density at radius 3 is 2.92 bits per heavy atom. The molecule has 0 heterocycles. The maximum Gasteiger partial charge on any atom is 0.384 e. The molecule has 2 heteroatoms. The zero-order chi connectivity index (χ0) is 9.23. The number of ether oxygens (including phenoxy) is 1. The molecule has 0 aromatic heterocycles. The SMILES string of the molecule is CCCCC=CC#CC(=O)OC. The summed E-state index contributed by atoms with van der Waals surface area (Å²) >= 11 is 0. The number of carbonyl (C=O) groups excluding carboxylic acids is 1. The van der Waals surface area contributed by atoms with E-state index in [1.807, 2.05) is 6.08 Å². The summed E-state index contributed by atoms with van der Waals surface area (Å²) in [7, 11) is 1.32. The van der Waals surface area contributed by atoms with Gasteiger partial charge in [-0.15, -0.1) is 0 Å². The fourth-order valence-electron chi connectivity index (χ4n) is 0.616. The van der Waals surface area contributed by atoms with Crippen LogP contribution in [0.2, 0.25) is 0 Å². The van der Waals surface area contributed by atoms with Crippen molar-refractivity contribution in [2.24, 2.45) is 0 Å². The number of allylic oxidation sites excluding steroid dienone is 2. The van der Waals surface area contributed by atoms with Gasteiger partial charge in [0.25, 0.3) is 0 Å². The predicted octanol–water partition coefficient (Wildman–Crippen LogP) is 1.91. The van der Waals surface area contributed by atoms with Gasteiger partial charge in [-0.25, -0.2) is 4.79 Å². The Morgan fingerprint density at radius 2 is 2.33 bits per heavy atom. The summed E-state index contributed by atoms with van der Waals surface area (Å²) in [6.45, 7) is 2.13. The Morgan fingerprint density at radius 1 is 1.58 bits per heavy atom. The van der Waals surface area contributed by atoms with Crippen LogP contribution in [0.15, 0.2) is 12.2 Å². The number of unbranched alkanes of at least 4 members (excludes halogenated alkanes) is 2. The van der Waals surface area contributed by atoms with E-state index in [1.165, 1.54) is 13.5 Å². The Hall–Kier alpha value is -1.23. The van der Waals surface area contributed by atoms with Gasteiger partial charge < -0.3 is 4.74 Å². The minimum atomic E-state index is -0.491. The lowest BCUT2D eigenvalue weighted by Gasteiger charge is -1.84. The summed E-state index contributed by atoms with van der Waals surface area (Å²) in [4.78, 5) is 10.5. The van der Waals surface area contributed by atoms with Crippen LogP contribution in [-0.4, -0.2) is 13.1 Å². The zero-order valence-corrected chi connectivity index (χ0v) is 7.59. The van der Waals surface area contributed by atoms with E-state index in [-0.39, 0.29) is 0 Å². The van der Waals surface area contributed by atoms with Crippen molar-refractivity contribution in [1.29, 1.82) is 0 Å². The average molecular weight is 166 g/mol. The van der Waals surface area contributed by atoms with Gasteiger partial charge in [-0.2, -0.15) is 0 Å². The van der Waals surface area contributed by atoms with E-state index in [0.717, 1.165) is 12.8 Å². The van der Waals surface area contributed by atoms with Gasteiger partial charge in [0.05, 0.1) is 7.11 Å². The third-order valence-corrected chi connectivity index (χ3v) is 1.29. The maximum atomic E-state index is 10.5. The van der Waals surface area contributed by atoms with Crippen LogP contribution in [0.1, 0.15) is 26.2 Å². The van der Waals surface area contributed by atoms with E-state index in [0.29, 0.717) is 0 Å². The number of esters is 1. The quantitative estimate of drug-likeness (QED) is 0.277. The highest BCUT2D eigenvalue weighted by Gasteiger charge is 1.85. The molecule has 0 aliphatic rings. The molecule has 2 nitrogen and oxygen atoms in total. The number of hydrogen-bond donors (Lipinski definition) is 0. The lowest BCUT2D eigenvalue weighted by molar-refractivity contribution is -0.133. The minimum Gasteiger partial charge on any atom is -0.459 e. The molecule has 0 aromatic carbocycles. The van der Waals surface area contributed by atoms with E-state index in [4.69, 9.17) is 0 Å². The van der Waals surface area contributed by atoms with Gasteiger partial charge >= 0.3 is 5.97 Å². The molecule has 0 aromatic rings. The van der Waals surface area contributed by atoms with Crippen LogP contribution in [0.25, 0.3) is 0 Å². The third kappa shape index (κ3) is 6.88. The van der Waals surface area contributed by atoms with E-state index < -0.39 is 5.97 Å². The van der Waals surface area contributed by atoms with Crippen LogP contribution in [0.4, 0.5) is 0 Å². The van der Waals surface area contributed by atoms with Crippen LogP contribution in [0.3, 0.4) is 0 Å². The first-order chi connectivity index (χ1) is 5.81. The topological polar surface area (TPSA) is 26.3 Å². The molecule has 0 saturated heterocycles. The van der Waals surface area contributed by atoms with E-state index in [1.54, 1.807) is 6.08 Å². The summed E-state index contributed by atoms with van der Waals surface area (Å²) in [6, 6.07) is 0.